The number of nitrogens with zero attached hydrogens (tertiary/aromatic N) is 5. The van der Waals surface area contributed by atoms with Gasteiger partial charge < -0.3 is 30.4 Å². The lowest BCUT2D eigenvalue weighted by atomic mass is 10.1. The Kier molecular flexibility index (Phi) is 9.20. The van der Waals surface area contributed by atoms with Crippen LogP contribution in [0.4, 0.5) is 10.2 Å². The molecule has 6 N–H and O–H groups in total. The molecule has 1 aliphatic rings. The number of amidine groups is 1. The summed E-state index contributed by atoms with van der Waals surface area (Å²) in [5.74, 6) is 4.47. The molecule has 0 saturated carbocycles. The third-order valence-corrected chi connectivity index (χ3v) is 6.20. The number of rotatable bonds is 10. The summed E-state index contributed by atoms with van der Waals surface area (Å²) in [6.45, 7) is 2.45. The number of H-pyrrole nitrogens is 1. The molecule has 3 aromatic rings. The molecule has 39 heavy (non-hydrogen) atoms. The van der Waals surface area contributed by atoms with Crippen molar-refractivity contribution in [1.82, 2.24) is 19.8 Å². The molecule has 206 valence electrons. The molecule has 2 aromatic heterocycles. The Morgan fingerprint density at radius 3 is 2.59 bits per heavy atom. The van der Waals surface area contributed by atoms with Crippen molar-refractivity contribution < 1.29 is 23.8 Å². The van der Waals surface area contributed by atoms with E-state index < -0.39 is 17.5 Å². The minimum absolute atomic E-state index is 0.0513. The Bertz CT molecular complexity index is 1350. The summed E-state index contributed by atoms with van der Waals surface area (Å²) in [4.78, 5) is 41.3. The first kappa shape index (κ1) is 27.7. The average molecular weight is 539 g/mol. The predicted molar refractivity (Wildman–Crippen MR) is 144 cm³/mol. The number of hydrogen-bond acceptors (Lipinski definition) is 9. The van der Waals surface area contributed by atoms with E-state index >= 15 is 0 Å². The highest BCUT2D eigenvalue weighted by Crippen LogP contribution is 2.28. The van der Waals surface area contributed by atoms with Crippen molar-refractivity contribution in [3.63, 3.8) is 0 Å². The molecule has 3 heterocycles. The molecule has 0 unspecified atom stereocenters. The molecule has 13 heteroatoms. The van der Waals surface area contributed by atoms with Gasteiger partial charge in [0, 0.05) is 50.3 Å². The summed E-state index contributed by atoms with van der Waals surface area (Å²) < 4.78 is 20.1. The van der Waals surface area contributed by atoms with Gasteiger partial charge in [-0.2, -0.15) is 0 Å². The third kappa shape index (κ3) is 6.22. The smallest absolute Gasteiger partial charge is 0.295 e. The standard InChI is InChI=1S/C26H31FN8O4/c27-20-17-32-25(35(29)8-6-28)22-21(20)19(16-31-22)23(37)26(38)34-11-9-33(10-12-34)24(18-4-2-1-3-5-18)30-7-14-39-15-13-36/h1-6,8,16-17,31,36H,7,9-15,28-29H2/b8-6-,30-24?. The number of ketones is 1. The number of nitrogens with one attached hydrogen (secondary N) is 1. The molecule has 0 spiro atoms. The van der Waals surface area contributed by atoms with Crippen LogP contribution < -0.4 is 16.6 Å². The first-order valence-electron chi connectivity index (χ1n) is 12.4. The molecule has 4 rings (SSSR count). The maximum atomic E-state index is 14.7. The van der Waals surface area contributed by atoms with Crippen LogP contribution in [0.25, 0.3) is 10.9 Å². The monoisotopic (exact) mass is 538 g/mol. The van der Waals surface area contributed by atoms with Crippen molar-refractivity contribution in [2.45, 2.75) is 0 Å². The zero-order valence-corrected chi connectivity index (χ0v) is 21.3. The van der Waals surface area contributed by atoms with Crippen LogP contribution in [0.2, 0.25) is 0 Å². The quantitative estimate of drug-likeness (QED) is 0.0550. The number of pyridine rings is 1. The molecule has 1 saturated heterocycles. The van der Waals surface area contributed by atoms with E-state index in [4.69, 9.17) is 26.4 Å². The number of hydrogen-bond donors (Lipinski definition) is 4. The lowest BCUT2D eigenvalue weighted by Crippen LogP contribution is -2.52. The average Bonchev–Trinajstić information content (AvgIpc) is 3.41. The summed E-state index contributed by atoms with van der Waals surface area (Å²) in [6, 6.07) is 9.66. The molecule has 1 amide bonds. The molecule has 0 aliphatic carbocycles. The highest BCUT2D eigenvalue weighted by Gasteiger charge is 2.31. The van der Waals surface area contributed by atoms with Crippen LogP contribution in [0.3, 0.4) is 0 Å². The van der Waals surface area contributed by atoms with Crippen LogP contribution in [0.1, 0.15) is 15.9 Å². The van der Waals surface area contributed by atoms with E-state index in [1.54, 1.807) is 0 Å². The molecule has 1 fully saturated rings. The van der Waals surface area contributed by atoms with E-state index in [0.717, 1.165) is 22.6 Å². The van der Waals surface area contributed by atoms with E-state index in [9.17, 15) is 14.0 Å². The van der Waals surface area contributed by atoms with Gasteiger partial charge in [-0.15, -0.1) is 0 Å². The molecule has 12 nitrogen and oxygen atoms in total. The maximum absolute atomic E-state index is 14.7. The van der Waals surface area contributed by atoms with E-state index in [2.05, 4.69) is 14.9 Å². The van der Waals surface area contributed by atoms with Crippen molar-refractivity contribution in [3.8, 4) is 0 Å². The Morgan fingerprint density at radius 1 is 1.18 bits per heavy atom. The van der Waals surface area contributed by atoms with Crippen molar-refractivity contribution in [3.05, 3.63) is 72.1 Å². The number of aliphatic imine (C=N–C) groups is 1. The number of aliphatic hydroxyl groups is 1. The third-order valence-electron chi connectivity index (χ3n) is 6.20. The van der Waals surface area contributed by atoms with Crippen LogP contribution in [0.15, 0.2) is 60.1 Å². The van der Waals surface area contributed by atoms with Gasteiger partial charge in [-0.05, 0) is 0 Å². The number of nitrogens with two attached hydrogens (primary N) is 2. The number of aromatic nitrogens is 2. The number of Topliss-reactive ketones (excluding diaryl/α,β-unsaturated/α-hetero) is 1. The highest BCUT2D eigenvalue weighted by molar-refractivity contribution is 6.45. The predicted octanol–water partition coefficient (Wildman–Crippen LogP) is 0.595. The van der Waals surface area contributed by atoms with Crippen LogP contribution in [0, 0.1) is 5.82 Å². The van der Waals surface area contributed by atoms with Gasteiger partial charge in [0.15, 0.2) is 11.6 Å². The van der Waals surface area contributed by atoms with Gasteiger partial charge in [0.1, 0.15) is 5.84 Å². The number of aromatic amines is 1. The van der Waals surface area contributed by atoms with Gasteiger partial charge in [-0.3, -0.25) is 19.6 Å². The zero-order chi connectivity index (χ0) is 27.8. The van der Waals surface area contributed by atoms with Gasteiger partial charge in [0.25, 0.3) is 11.7 Å². The lowest BCUT2D eigenvalue weighted by molar-refractivity contribution is -0.127. The van der Waals surface area contributed by atoms with Gasteiger partial charge in [0.2, 0.25) is 0 Å². The van der Waals surface area contributed by atoms with Crippen LogP contribution in [0.5, 0.6) is 0 Å². The summed E-state index contributed by atoms with van der Waals surface area (Å²) in [7, 11) is 0. The number of amides is 1. The SMILES string of the molecule is N/C=C\N(N)c1ncc(F)c2c(C(=O)C(=O)N3CCN(C(=NCCOCCO)c4ccccc4)CC3)c[nH]c12. The van der Waals surface area contributed by atoms with Gasteiger partial charge in [-0.25, -0.2) is 15.2 Å². The fourth-order valence-corrected chi connectivity index (χ4v) is 4.36. The molecule has 1 aromatic carbocycles. The Hall–Kier alpha value is -4.33. The summed E-state index contributed by atoms with van der Waals surface area (Å²) in [5, 5.41) is 9.90. The number of carbonyl (C=O) groups is 2. The number of ether oxygens (including phenoxy) is 1. The molecule has 0 atom stereocenters. The summed E-state index contributed by atoms with van der Waals surface area (Å²) in [5.41, 5.74) is 6.37. The number of fused-ring (bicyclic) bond motifs is 1. The maximum Gasteiger partial charge on any atom is 0.295 e. The number of anilines is 1. The number of piperazine rings is 1. The topological polar surface area (TPSA) is 166 Å². The van der Waals surface area contributed by atoms with Crippen molar-refractivity contribution >= 4 is 34.2 Å². The molecule has 0 radical (unpaired) electrons. The second-order valence-corrected chi connectivity index (χ2v) is 8.65. The van der Waals surface area contributed by atoms with Crippen LogP contribution in [-0.2, 0) is 9.53 Å². The number of carbonyl (C=O) groups excluding carboxylic acids is 2. The van der Waals surface area contributed by atoms with Gasteiger partial charge in [0.05, 0.1) is 49.0 Å². The van der Waals surface area contributed by atoms with E-state index in [-0.39, 0.29) is 48.6 Å². The Morgan fingerprint density at radius 2 is 1.90 bits per heavy atom. The normalized spacial score (nSPS) is 14.4. The van der Waals surface area contributed by atoms with Crippen molar-refractivity contribution in [2.75, 3.05) is 57.6 Å². The van der Waals surface area contributed by atoms with Crippen molar-refractivity contribution in [1.29, 1.82) is 0 Å². The fourth-order valence-electron chi connectivity index (χ4n) is 4.36. The first-order chi connectivity index (χ1) is 19.0. The summed E-state index contributed by atoms with van der Waals surface area (Å²) in [6.07, 6.45) is 4.74. The van der Waals surface area contributed by atoms with E-state index in [1.807, 2.05) is 30.3 Å². The minimum atomic E-state index is -0.832. The fraction of sp³-hybridized carbons (Fsp3) is 0.308. The first-order valence-corrected chi connectivity index (χ1v) is 12.4. The summed E-state index contributed by atoms with van der Waals surface area (Å²) >= 11 is 0. The second-order valence-electron chi connectivity index (χ2n) is 8.65. The largest absolute Gasteiger partial charge is 0.403 e. The molecule has 0 bridgehead atoms. The Labute approximate surface area is 224 Å². The minimum Gasteiger partial charge on any atom is -0.403 e. The van der Waals surface area contributed by atoms with Crippen molar-refractivity contribution in [2.24, 2.45) is 16.6 Å². The van der Waals surface area contributed by atoms with Gasteiger partial charge >= 0.3 is 0 Å². The lowest BCUT2D eigenvalue weighted by Gasteiger charge is -2.36. The number of halogens is 1. The highest BCUT2D eigenvalue weighted by atomic mass is 19.1. The number of hydrazine groups is 1. The second kappa shape index (κ2) is 13.0. The number of benzene rings is 1. The Balaban J connectivity index is 1.48. The van der Waals surface area contributed by atoms with Gasteiger partial charge in [-0.1, -0.05) is 30.3 Å². The molecular formula is C26H31FN8O4. The molecule has 1 aliphatic heterocycles. The van der Waals surface area contributed by atoms with Crippen LogP contribution >= 0.6 is 0 Å². The number of aliphatic hydroxyl groups excluding tert-OH is 1. The van der Waals surface area contributed by atoms with Crippen LogP contribution in [-0.4, -0.2) is 94.9 Å². The molecular weight excluding hydrogens is 507 g/mol. The van der Waals surface area contributed by atoms with E-state index in [1.165, 1.54) is 23.5 Å². The van der Waals surface area contributed by atoms with E-state index in [0.29, 0.717) is 26.2 Å². The zero-order valence-electron chi connectivity index (χ0n) is 21.3.